The standard InChI is InChI=1S/C25H30N4O7/c1-24(2,3)35-19(30)11-32-17-8-13-7-14-21(27)15(10-26)22(28)29-23(14)34-16(13)9-18(17)33-12-20(31)36-25(4,5)6/h8-9H,7,11-12H2,1-6H3,(H4,27,28,29). The molecule has 0 amide bonds. The number of rotatable bonds is 6. The molecule has 0 spiro atoms. The molecule has 0 bridgehead atoms. The summed E-state index contributed by atoms with van der Waals surface area (Å²) in [4.78, 5) is 28.6. The second-order valence-corrected chi connectivity index (χ2v) is 10.1. The molecule has 4 N–H and O–H groups in total. The number of nitrogens with two attached hydrogens (primary N) is 2. The number of hydrogen-bond donors (Lipinski definition) is 2. The molecule has 1 aromatic heterocycles. The van der Waals surface area contributed by atoms with E-state index in [9.17, 15) is 14.9 Å². The van der Waals surface area contributed by atoms with Crippen molar-refractivity contribution in [3.63, 3.8) is 0 Å². The molecule has 11 nitrogen and oxygen atoms in total. The van der Waals surface area contributed by atoms with Gasteiger partial charge in [-0.3, -0.25) is 0 Å². The first-order chi connectivity index (χ1) is 16.7. The summed E-state index contributed by atoms with van der Waals surface area (Å²) in [5.41, 5.74) is 12.0. The Morgan fingerprint density at radius 3 is 2.03 bits per heavy atom. The van der Waals surface area contributed by atoms with Gasteiger partial charge in [0.15, 0.2) is 24.7 Å². The molecule has 36 heavy (non-hydrogen) atoms. The maximum Gasteiger partial charge on any atom is 0.344 e. The Balaban J connectivity index is 1.91. The lowest BCUT2D eigenvalue weighted by atomic mass is 9.98. The van der Waals surface area contributed by atoms with Crippen LogP contribution in [0.25, 0.3) is 0 Å². The smallest absolute Gasteiger partial charge is 0.344 e. The zero-order valence-corrected chi connectivity index (χ0v) is 21.2. The Kier molecular flexibility index (Phi) is 7.20. The van der Waals surface area contributed by atoms with Crippen LogP contribution in [0.2, 0.25) is 0 Å². The first-order valence-corrected chi connectivity index (χ1v) is 11.2. The zero-order chi connectivity index (χ0) is 26.8. The summed E-state index contributed by atoms with van der Waals surface area (Å²) >= 11 is 0. The van der Waals surface area contributed by atoms with E-state index < -0.39 is 36.4 Å². The SMILES string of the molecule is CC(C)(C)OC(=O)COc1cc2c(cc1OCC(=O)OC(C)(C)C)Oc1nc(N)c(C#N)c(N)c1C2. The molecule has 1 aromatic carbocycles. The molecule has 11 heteroatoms. The number of anilines is 2. The Labute approximate surface area is 209 Å². The molecule has 192 valence electrons. The largest absolute Gasteiger partial charge is 0.478 e. The van der Waals surface area contributed by atoms with Gasteiger partial charge in [-0.15, -0.1) is 0 Å². The number of ether oxygens (including phenoxy) is 5. The van der Waals surface area contributed by atoms with Gasteiger partial charge in [0.1, 0.15) is 34.4 Å². The number of aromatic nitrogens is 1. The van der Waals surface area contributed by atoms with Crippen LogP contribution in [-0.4, -0.2) is 41.3 Å². The van der Waals surface area contributed by atoms with Crippen LogP contribution < -0.4 is 25.7 Å². The average Bonchev–Trinajstić information content (AvgIpc) is 2.73. The van der Waals surface area contributed by atoms with Crippen molar-refractivity contribution in [2.45, 2.75) is 59.2 Å². The molecule has 0 aliphatic carbocycles. The molecular weight excluding hydrogens is 468 g/mol. The summed E-state index contributed by atoms with van der Waals surface area (Å²) in [6.07, 6.45) is 0.258. The molecule has 0 radical (unpaired) electrons. The summed E-state index contributed by atoms with van der Waals surface area (Å²) in [5, 5.41) is 9.34. The average molecular weight is 499 g/mol. The summed E-state index contributed by atoms with van der Waals surface area (Å²) in [7, 11) is 0. The Morgan fingerprint density at radius 2 is 1.53 bits per heavy atom. The van der Waals surface area contributed by atoms with Crippen molar-refractivity contribution in [1.29, 1.82) is 5.26 Å². The van der Waals surface area contributed by atoms with Crippen molar-refractivity contribution in [2.24, 2.45) is 0 Å². The van der Waals surface area contributed by atoms with Crippen molar-refractivity contribution in [3.8, 4) is 29.2 Å². The van der Waals surface area contributed by atoms with Crippen LogP contribution in [0.3, 0.4) is 0 Å². The second-order valence-electron chi connectivity index (χ2n) is 10.1. The first-order valence-electron chi connectivity index (χ1n) is 11.2. The van der Waals surface area contributed by atoms with E-state index in [0.717, 1.165) is 0 Å². The number of esters is 2. The quantitative estimate of drug-likeness (QED) is 0.478. The van der Waals surface area contributed by atoms with Gasteiger partial charge in [-0.1, -0.05) is 0 Å². The van der Waals surface area contributed by atoms with E-state index in [-0.39, 0.29) is 40.9 Å². The van der Waals surface area contributed by atoms with E-state index in [1.807, 2.05) is 6.07 Å². The number of carbonyl (C=O) groups is 2. The molecule has 0 unspecified atom stereocenters. The molecule has 0 saturated heterocycles. The van der Waals surface area contributed by atoms with Gasteiger partial charge in [-0.25, -0.2) is 9.59 Å². The Morgan fingerprint density at radius 1 is 1.00 bits per heavy atom. The number of carbonyl (C=O) groups excluding carboxylic acids is 2. The minimum atomic E-state index is -0.688. The van der Waals surface area contributed by atoms with Crippen molar-refractivity contribution >= 4 is 23.4 Å². The lowest BCUT2D eigenvalue weighted by Gasteiger charge is -2.24. The molecule has 2 aromatic rings. The van der Waals surface area contributed by atoms with Crippen LogP contribution in [-0.2, 0) is 25.5 Å². The third kappa shape index (κ3) is 6.47. The maximum atomic E-state index is 12.2. The van der Waals surface area contributed by atoms with E-state index >= 15 is 0 Å². The third-order valence-electron chi connectivity index (χ3n) is 4.67. The van der Waals surface area contributed by atoms with Gasteiger partial charge in [0.2, 0.25) is 5.88 Å². The summed E-state index contributed by atoms with van der Waals surface area (Å²) in [5.74, 6) is -0.368. The highest BCUT2D eigenvalue weighted by atomic mass is 16.6. The Hall–Kier alpha value is -4.20. The number of nitriles is 1. The second kappa shape index (κ2) is 9.81. The topological polar surface area (TPSA) is 169 Å². The van der Waals surface area contributed by atoms with Crippen molar-refractivity contribution in [3.05, 3.63) is 28.8 Å². The summed E-state index contributed by atoms with van der Waals surface area (Å²) < 4.78 is 27.8. The minimum absolute atomic E-state index is 0.0455. The molecule has 0 atom stereocenters. The van der Waals surface area contributed by atoms with Crippen LogP contribution in [0, 0.1) is 11.3 Å². The fraction of sp³-hybridized carbons (Fsp3) is 0.440. The van der Waals surface area contributed by atoms with Gasteiger partial charge >= 0.3 is 11.9 Å². The lowest BCUT2D eigenvalue weighted by Crippen LogP contribution is -2.28. The zero-order valence-electron chi connectivity index (χ0n) is 21.2. The van der Waals surface area contributed by atoms with Gasteiger partial charge < -0.3 is 35.2 Å². The van der Waals surface area contributed by atoms with Crippen molar-refractivity contribution < 1.29 is 33.3 Å². The van der Waals surface area contributed by atoms with Crippen LogP contribution >= 0.6 is 0 Å². The molecule has 2 heterocycles. The van der Waals surface area contributed by atoms with Crippen LogP contribution in [0.5, 0.6) is 23.1 Å². The Bertz CT molecular complexity index is 1240. The highest BCUT2D eigenvalue weighted by Gasteiger charge is 2.27. The fourth-order valence-electron chi connectivity index (χ4n) is 3.36. The van der Waals surface area contributed by atoms with E-state index in [2.05, 4.69) is 4.98 Å². The molecule has 0 fully saturated rings. The van der Waals surface area contributed by atoms with E-state index in [1.165, 1.54) is 6.07 Å². The highest BCUT2D eigenvalue weighted by Crippen LogP contribution is 2.44. The summed E-state index contributed by atoms with van der Waals surface area (Å²) in [6, 6.07) is 5.06. The highest BCUT2D eigenvalue weighted by molar-refractivity contribution is 5.74. The lowest BCUT2D eigenvalue weighted by molar-refractivity contribution is -0.158. The predicted molar refractivity (Wildman–Crippen MR) is 130 cm³/mol. The van der Waals surface area contributed by atoms with Crippen LogP contribution in [0.1, 0.15) is 58.2 Å². The maximum absolute atomic E-state index is 12.2. The van der Waals surface area contributed by atoms with E-state index in [1.54, 1.807) is 47.6 Å². The number of fused-ring (bicyclic) bond motifs is 2. The molecule has 1 aliphatic heterocycles. The monoisotopic (exact) mass is 498 g/mol. The van der Waals surface area contributed by atoms with Gasteiger partial charge in [-0.05, 0) is 47.6 Å². The number of benzene rings is 1. The fourth-order valence-corrected chi connectivity index (χ4v) is 3.36. The molecular formula is C25H30N4O7. The third-order valence-corrected chi connectivity index (χ3v) is 4.67. The predicted octanol–water partition coefficient (Wildman–Crippen LogP) is 3.26. The van der Waals surface area contributed by atoms with Gasteiger partial charge in [0, 0.05) is 23.6 Å². The first kappa shape index (κ1) is 26.4. The van der Waals surface area contributed by atoms with Crippen LogP contribution in [0.4, 0.5) is 11.5 Å². The number of hydrogen-bond acceptors (Lipinski definition) is 11. The summed E-state index contributed by atoms with van der Waals surface area (Å²) in [6.45, 7) is 9.66. The molecule has 3 rings (SSSR count). The van der Waals surface area contributed by atoms with Gasteiger partial charge in [0.05, 0.1) is 5.69 Å². The van der Waals surface area contributed by atoms with Gasteiger partial charge in [-0.2, -0.15) is 10.2 Å². The number of pyridine rings is 1. The number of nitrogens with zero attached hydrogens (tertiary/aromatic N) is 2. The molecule has 1 aliphatic rings. The normalized spacial score (nSPS) is 12.4. The molecule has 0 saturated carbocycles. The van der Waals surface area contributed by atoms with E-state index in [0.29, 0.717) is 16.9 Å². The van der Waals surface area contributed by atoms with Crippen LogP contribution in [0.15, 0.2) is 12.1 Å². The van der Waals surface area contributed by atoms with E-state index in [4.69, 9.17) is 35.2 Å². The van der Waals surface area contributed by atoms with Gasteiger partial charge in [0.25, 0.3) is 0 Å². The van der Waals surface area contributed by atoms with Crippen molar-refractivity contribution in [2.75, 3.05) is 24.7 Å². The minimum Gasteiger partial charge on any atom is -0.478 e. The number of nitrogen functional groups attached to an aromatic ring is 2. The van der Waals surface area contributed by atoms with Crippen molar-refractivity contribution in [1.82, 2.24) is 4.98 Å².